The lowest BCUT2D eigenvalue weighted by Crippen LogP contribution is -2.25. The van der Waals surface area contributed by atoms with Crippen molar-refractivity contribution in [2.75, 3.05) is 32.2 Å². The summed E-state index contributed by atoms with van der Waals surface area (Å²) >= 11 is 0. The number of methoxy groups -OCH3 is 2. The Hall–Kier alpha value is -2.61. The van der Waals surface area contributed by atoms with Crippen LogP contribution in [0.5, 0.6) is 11.5 Å². The first-order valence-corrected chi connectivity index (χ1v) is 7.82. The average molecular weight is 330 g/mol. The van der Waals surface area contributed by atoms with E-state index in [0.717, 1.165) is 36.4 Å². The number of nitrogens with two attached hydrogens (primary N) is 2. The van der Waals surface area contributed by atoms with Crippen molar-refractivity contribution in [3.63, 3.8) is 0 Å². The highest BCUT2D eigenvalue weighted by molar-refractivity contribution is 5.43. The van der Waals surface area contributed by atoms with E-state index in [0.29, 0.717) is 12.4 Å². The van der Waals surface area contributed by atoms with Crippen LogP contribution in [0.1, 0.15) is 30.3 Å². The Bertz CT molecular complexity index is 703. The van der Waals surface area contributed by atoms with Crippen LogP contribution in [0.25, 0.3) is 0 Å². The van der Waals surface area contributed by atoms with E-state index < -0.39 is 0 Å². The van der Waals surface area contributed by atoms with Crippen LogP contribution >= 0.6 is 0 Å². The van der Waals surface area contributed by atoms with Crippen LogP contribution in [0, 0.1) is 0 Å². The number of likely N-dealkylation sites (tertiary alicyclic amines) is 1. The summed E-state index contributed by atoms with van der Waals surface area (Å²) in [7, 11) is 3.32. The largest absolute Gasteiger partial charge is 0.497 e. The predicted molar refractivity (Wildman–Crippen MR) is 90.6 cm³/mol. The van der Waals surface area contributed by atoms with E-state index in [2.05, 4.69) is 25.9 Å². The molecular formula is C16H22N6O2. The zero-order valence-electron chi connectivity index (χ0n) is 13.9. The topological polar surface area (TPSA) is 112 Å². The first-order chi connectivity index (χ1) is 11.6. The van der Waals surface area contributed by atoms with Crippen molar-refractivity contribution in [3.8, 4) is 11.5 Å². The maximum atomic E-state index is 5.66. The molecule has 0 unspecified atom stereocenters. The molecule has 0 radical (unpaired) electrons. The molecule has 0 spiro atoms. The molecule has 1 aromatic heterocycles. The average Bonchev–Trinajstić information content (AvgIpc) is 3.01. The maximum absolute atomic E-state index is 5.66. The number of hydrogen-bond acceptors (Lipinski definition) is 8. The third-order valence-corrected chi connectivity index (χ3v) is 4.22. The molecule has 8 nitrogen and oxygen atoms in total. The van der Waals surface area contributed by atoms with Crippen molar-refractivity contribution in [1.29, 1.82) is 0 Å². The summed E-state index contributed by atoms with van der Waals surface area (Å²) in [5, 5.41) is 0. The van der Waals surface area contributed by atoms with Crippen LogP contribution in [0.3, 0.4) is 0 Å². The van der Waals surface area contributed by atoms with Gasteiger partial charge in [-0.3, -0.25) is 4.90 Å². The smallest absolute Gasteiger partial charge is 0.225 e. The van der Waals surface area contributed by atoms with Gasteiger partial charge in [0.05, 0.1) is 20.8 Å². The molecule has 4 N–H and O–H groups in total. The first-order valence-electron chi connectivity index (χ1n) is 7.82. The molecular weight excluding hydrogens is 308 g/mol. The highest BCUT2D eigenvalue weighted by Crippen LogP contribution is 2.39. The minimum absolute atomic E-state index is 0.148. The van der Waals surface area contributed by atoms with Gasteiger partial charge in [0.15, 0.2) is 0 Å². The summed E-state index contributed by atoms with van der Waals surface area (Å²) in [6.45, 7) is 1.52. The Morgan fingerprint density at radius 2 is 1.88 bits per heavy atom. The number of ether oxygens (including phenoxy) is 2. The zero-order valence-corrected chi connectivity index (χ0v) is 13.9. The number of aromatic nitrogens is 3. The summed E-state index contributed by atoms with van der Waals surface area (Å²) in [5.41, 5.74) is 12.5. The summed E-state index contributed by atoms with van der Waals surface area (Å²) in [6.07, 6.45) is 2.13. The van der Waals surface area contributed by atoms with Crippen molar-refractivity contribution >= 4 is 11.9 Å². The predicted octanol–water partition coefficient (Wildman–Crippen LogP) is 1.39. The van der Waals surface area contributed by atoms with E-state index in [4.69, 9.17) is 20.9 Å². The van der Waals surface area contributed by atoms with Gasteiger partial charge in [-0.05, 0) is 25.5 Å². The lowest BCUT2D eigenvalue weighted by molar-refractivity contribution is 0.237. The monoisotopic (exact) mass is 330 g/mol. The summed E-state index contributed by atoms with van der Waals surface area (Å²) in [5.74, 6) is 2.48. The quantitative estimate of drug-likeness (QED) is 0.845. The van der Waals surface area contributed by atoms with E-state index in [9.17, 15) is 0 Å². The van der Waals surface area contributed by atoms with Crippen LogP contribution in [0.4, 0.5) is 11.9 Å². The van der Waals surface area contributed by atoms with Gasteiger partial charge >= 0.3 is 0 Å². The molecule has 1 fully saturated rings. The van der Waals surface area contributed by atoms with Crippen LogP contribution in [0.15, 0.2) is 18.2 Å². The van der Waals surface area contributed by atoms with Crippen molar-refractivity contribution in [1.82, 2.24) is 19.9 Å². The normalized spacial score (nSPS) is 17.8. The van der Waals surface area contributed by atoms with Gasteiger partial charge in [0.2, 0.25) is 11.9 Å². The molecule has 1 saturated heterocycles. The molecule has 1 aliphatic rings. The highest BCUT2D eigenvalue weighted by Gasteiger charge is 2.29. The molecule has 1 atom stereocenters. The Balaban J connectivity index is 1.85. The molecule has 3 rings (SSSR count). The third-order valence-electron chi connectivity index (χ3n) is 4.22. The molecule has 0 aliphatic carbocycles. The Morgan fingerprint density at radius 3 is 2.54 bits per heavy atom. The van der Waals surface area contributed by atoms with E-state index in [1.165, 1.54) is 0 Å². The number of nitrogen functional groups attached to an aromatic ring is 2. The highest BCUT2D eigenvalue weighted by atomic mass is 16.5. The SMILES string of the molecule is COc1ccc([C@H]2CCCN2Cc2nc(N)nc(N)n2)c(OC)c1. The van der Waals surface area contributed by atoms with Crippen LogP contribution in [-0.4, -0.2) is 40.6 Å². The summed E-state index contributed by atoms with van der Waals surface area (Å²) in [4.78, 5) is 14.5. The fourth-order valence-corrected chi connectivity index (χ4v) is 3.17. The molecule has 24 heavy (non-hydrogen) atoms. The minimum atomic E-state index is 0.148. The standard InChI is InChI=1S/C16H22N6O2/c1-23-10-5-6-11(13(8-10)24-2)12-4-3-7-22(12)9-14-19-15(17)21-16(18)20-14/h5-6,8,12H,3-4,7,9H2,1-2H3,(H4,17,18,19,20,21)/t12-/m1/s1. The Labute approximate surface area is 140 Å². The van der Waals surface area contributed by atoms with Gasteiger partial charge in [-0.25, -0.2) is 0 Å². The van der Waals surface area contributed by atoms with Crippen molar-refractivity contribution in [3.05, 3.63) is 29.6 Å². The van der Waals surface area contributed by atoms with Gasteiger partial charge in [-0.15, -0.1) is 0 Å². The first kappa shape index (κ1) is 16.3. The van der Waals surface area contributed by atoms with Crippen LogP contribution in [-0.2, 0) is 6.54 Å². The molecule has 0 amide bonds. The third kappa shape index (κ3) is 3.33. The van der Waals surface area contributed by atoms with Gasteiger partial charge in [-0.1, -0.05) is 6.07 Å². The summed E-state index contributed by atoms with van der Waals surface area (Å²) < 4.78 is 10.8. The molecule has 128 valence electrons. The van der Waals surface area contributed by atoms with Gasteiger partial charge in [0.1, 0.15) is 17.3 Å². The summed E-state index contributed by atoms with van der Waals surface area (Å²) in [6, 6.07) is 6.14. The van der Waals surface area contributed by atoms with Crippen LogP contribution in [0.2, 0.25) is 0 Å². The van der Waals surface area contributed by atoms with E-state index in [-0.39, 0.29) is 17.9 Å². The molecule has 2 aromatic rings. The molecule has 2 heterocycles. The fourth-order valence-electron chi connectivity index (χ4n) is 3.17. The second kappa shape index (κ2) is 6.88. The van der Waals surface area contributed by atoms with E-state index in [1.807, 2.05) is 12.1 Å². The van der Waals surface area contributed by atoms with Gasteiger partial charge in [-0.2, -0.15) is 15.0 Å². The second-order valence-electron chi connectivity index (χ2n) is 5.70. The number of rotatable bonds is 5. The van der Waals surface area contributed by atoms with Gasteiger partial charge in [0, 0.05) is 17.7 Å². The fraction of sp³-hybridized carbons (Fsp3) is 0.438. The molecule has 1 aliphatic heterocycles. The van der Waals surface area contributed by atoms with Crippen LogP contribution < -0.4 is 20.9 Å². The molecule has 0 bridgehead atoms. The molecule has 0 saturated carbocycles. The van der Waals surface area contributed by atoms with Crippen molar-refractivity contribution < 1.29 is 9.47 Å². The maximum Gasteiger partial charge on any atom is 0.225 e. The molecule has 8 heteroatoms. The van der Waals surface area contributed by atoms with Crippen molar-refractivity contribution in [2.45, 2.75) is 25.4 Å². The van der Waals surface area contributed by atoms with Gasteiger partial charge in [0.25, 0.3) is 0 Å². The number of anilines is 2. The zero-order chi connectivity index (χ0) is 17.1. The van der Waals surface area contributed by atoms with Crippen molar-refractivity contribution in [2.24, 2.45) is 0 Å². The second-order valence-corrected chi connectivity index (χ2v) is 5.70. The van der Waals surface area contributed by atoms with Gasteiger partial charge < -0.3 is 20.9 Å². The lowest BCUT2D eigenvalue weighted by Gasteiger charge is -2.25. The van der Waals surface area contributed by atoms with E-state index in [1.54, 1.807) is 14.2 Å². The lowest BCUT2D eigenvalue weighted by atomic mass is 10.0. The number of nitrogens with zero attached hydrogens (tertiary/aromatic N) is 4. The Morgan fingerprint density at radius 1 is 1.12 bits per heavy atom. The minimum Gasteiger partial charge on any atom is -0.497 e. The molecule has 1 aromatic carbocycles. The number of hydrogen-bond donors (Lipinski definition) is 2. The van der Waals surface area contributed by atoms with E-state index >= 15 is 0 Å². The number of benzene rings is 1. The Kier molecular flexibility index (Phi) is 4.66.